The molecule has 6 nitrogen and oxygen atoms in total. The summed E-state index contributed by atoms with van der Waals surface area (Å²) in [6.07, 6.45) is -1.33. The van der Waals surface area contributed by atoms with Gasteiger partial charge in [-0.15, -0.1) is 11.3 Å². The van der Waals surface area contributed by atoms with Crippen LogP contribution in [0.2, 0.25) is 0 Å². The first-order valence-electron chi connectivity index (χ1n) is 14.0. The molecular weight excluding hydrogens is 599 g/mol. The fourth-order valence-corrected chi connectivity index (χ4v) is 14.5. The summed E-state index contributed by atoms with van der Waals surface area (Å²) in [6.45, 7) is 3.43. The van der Waals surface area contributed by atoms with Crippen molar-refractivity contribution in [2.45, 2.75) is 39.7 Å². The number of aliphatic hydroxyl groups excluding tert-OH is 1. The maximum Gasteiger partial charge on any atom is 0.210 e. The molecule has 1 aromatic heterocycles. The molecule has 5 aromatic rings. The van der Waals surface area contributed by atoms with Gasteiger partial charge in [0.15, 0.2) is 9.84 Å². The molecule has 7 rings (SSSR count). The molecule has 5 atom stereocenters. The third kappa shape index (κ3) is 3.81. The second kappa shape index (κ2) is 9.69. The quantitative estimate of drug-likeness (QED) is 0.237. The normalized spacial score (nSPS) is 27.2. The predicted octanol–water partition coefficient (Wildman–Crippen LogP) is 6.29. The number of sulfone groups is 2. The molecule has 1 heterocycles. The number of aliphatic hydroxyl groups is 1. The number of hydrogen-bond acceptors (Lipinski definition) is 7. The molecule has 5 unspecified atom stereocenters. The van der Waals surface area contributed by atoms with E-state index in [4.69, 9.17) is 0 Å². The molecule has 0 spiro atoms. The standard InChI is InChI=1S/C34H29NO5S3/c1-33-27(22-14-6-3-7-15-22)28(23-16-8-4-9-17-23)34(2,31(33)36)30(29(33)42(37,38)24-18-10-5-11-19-24)43(39,40)32-35-25-20-12-13-21-26(25)41-32/h3-21,29-31,36H,1-2H3. The molecule has 1 saturated carbocycles. The molecule has 4 aromatic carbocycles. The fraction of sp³-hybridized carbons (Fsp3) is 0.206. The van der Waals surface area contributed by atoms with Gasteiger partial charge < -0.3 is 5.11 Å². The maximum atomic E-state index is 14.9. The van der Waals surface area contributed by atoms with E-state index in [0.29, 0.717) is 21.4 Å². The van der Waals surface area contributed by atoms with Crippen LogP contribution in [-0.4, -0.2) is 43.5 Å². The highest BCUT2D eigenvalue weighted by Gasteiger charge is 2.78. The number of thiazole rings is 1. The van der Waals surface area contributed by atoms with Gasteiger partial charge >= 0.3 is 0 Å². The van der Waals surface area contributed by atoms with Gasteiger partial charge in [-0.05, 0) is 46.5 Å². The van der Waals surface area contributed by atoms with Crippen molar-refractivity contribution in [3.8, 4) is 0 Å². The van der Waals surface area contributed by atoms with Crippen LogP contribution >= 0.6 is 11.3 Å². The van der Waals surface area contributed by atoms with E-state index in [1.54, 1.807) is 50.2 Å². The average molecular weight is 628 g/mol. The van der Waals surface area contributed by atoms with E-state index in [1.807, 2.05) is 66.7 Å². The molecule has 1 N–H and O–H groups in total. The SMILES string of the molecule is CC12C(c3ccccc3)=C(c3ccccc3)C(C)(C1O)C(S(=O)(=O)c1nc3ccccc3s1)C2S(=O)(=O)c1ccccc1. The van der Waals surface area contributed by atoms with Crippen molar-refractivity contribution in [2.24, 2.45) is 10.8 Å². The van der Waals surface area contributed by atoms with Crippen LogP contribution in [0.4, 0.5) is 0 Å². The highest BCUT2D eigenvalue weighted by Crippen LogP contribution is 2.72. The van der Waals surface area contributed by atoms with Gasteiger partial charge in [-0.25, -0.2) is 21.8 Å². The summed E-state index contributed by atoms with van der Waals surface area (Å²) in [6, 6.07) is 33.9. The monoisotopic (exact) mass is 627 g/mol. The molecule has 2 bridgehead atoms. The minimum absolute atomic E-state index is 0.0164. The lowest BCUT2D eigenvalue weighted by Gasteiger charge is -2.41. The van der Waals surface area contributed by atoms with Gasteiger partial charge in [0.05, 0.1) is 31.7 Å². The van der Waals surface area contributed by atoms with Crippen LogP contribution in [0.1, 0.15) is 25.0 Å². The zero-order chi connectivity index (χ0) is 30.2. The van der Waals surface area contributed by atoms with E-state index in [-0.39, 0.29) is 9.24 Å². The number of aromatic nitrogens is 1. The molecule has 0 aliphatic heterocycles. The molecule has 1 fully saturated rings. The number of hydrogen-bond donors (Lipinski definition) is 1. The van der Waals surface area contributed by atoms with Crippen LogP contribution in [0.15, 0.2) is 124 Å². The molecule has 0 saturated heterocycles. The summed E-state index contributed by atoms with van der Waals surface area (Å²) < 4.78 is 60.0. The van der Waals surface area contributed by atoms with Crippen LogP contribution in [0.3, 0.4) is 0 Å². The summed E-state index contributed by atoms with van der Waals surface area (Å²) in [5, 5.41) is 9.41. The molecule has 0 amide bonds. The number of rotatable bonds is 6. The van der Waals surface area contributed by atoms with Gasteiger partial charge in [-0.3, -0.25) is 0 Å². The highest BCUT2D eigenvalue weighted by atomic mass is 32.2. The summed E-state index contributed by atoms with van der Waals surface area (Å²) in [5.74, 6) is 0. The Balaban J connectivity index is 1.60. The van der Waals surface area contributed by atoms with E-state index >= 15 is 0 Å². The second-order valence-electron chi connectivity index (χ2n) is 11.6. The van der Waals surface area contributed by atoms with Crippen molar-refractivity contribution >= 4 is 52.4 Å². The smallest absolute Gasteiger partial charge is 0.210 e. The van der Waals surface area contributed by atoms with E-state index in [1.165, 1.54) is 12.1 Å². The third-order valence-electron chi connectivity index (χ3n) is 9.30. The minimum Gasteiger partial charge on any atom is -0.391 e. The van der Waals surface area contributed by atoms with Gasteiger partial charge in [0.25, 0.3) is 0 Å². The first-order valence-corrected chi connectivity index (χ1v) is 17.9. The molecule has 218 valence electrons. The van der Waals surface area contributed by atoms with Crippen molar-refractivity contribution in [1.29, 1.82) is 0 Å². The van der Waals surface area contributed by atoms with Gasteiger partial charge in [-0.2, -0.15) is 0 Å². The Kier molecular flexibility index (Phi) is 6.34. The summed E-state index contributed by atoms with van der Waals surface area (Å²) in [5.41, 5.74) is 0.326. The van der Waals surface area contributed by atoms with Crippen LogP contribution in [0.25, 0.3) is 21.4 Å². The van der Waals surface area contributed by atoms with Crippen LogP contribution < -0.4 is 0 Å². The second-order valence-corrected chi connectivity index (χ2v) is 17.0. The number of benzene rings is 4. The fourth-order valence-electron chi connectivity index (χ4n) is 7.59. The van der Waals surface area contributed by atoms with Crippen molar-refractivity contribution in [3.63, 3.8) is 0 Å². The Bertz CT molecular complexity index is 2080. The lowest BCUT2D eigenvalue weighted by atomic mass is 9.72. The molecule has 2 aliphatic rings. The Labute approximate surface area is 255 Å². The van der Waals surface area contributed by atoms with Crippen molar-refractivity contribution in [1.82, 2.24) is 4.98 Å². The predicted molar refractivity (Wildman–Crippen MR) is 170 cm³/mol. The van der Waals surface area contributed by atoms with Gasteiger partial charge in [0.1, 0.15) is 0 Å². The Hall–Kier alpha value is -3.63. The lowest BCUT2D eigenvalue weighted by Crippen LogP contribution is -2.51. The summed E-state index contributed by atoms with van der Waals surface area (Å²) >= 11 is 1.03. The Morgan fingerprint density at radius 2 is 1.07 bits per heavy atom. The van der Waals surface area contributed by atoms with Crippen molar-refractivity contribution in [3.05, 3.63) is 126 Å². The Morgan fingerprint density at radius 1 is 0.628 bits per heavy atom. The number of para-hydroxylation sites is 1. The van der Waals surface area contributed by atoms with Crippen molar-refractivity contribution in [2.75, 3.05) is 0 Å². The lowest BCUT2D eigenvalue weighted by molar-refractivity contribution is 0.0589. The largest absolute Gasteiger partial charge is 0.391 e. The van der Waals surface area contributed by atoms with Gasteiger partial charge in [0.2, 0.25) is 14.2 Å². The van der Waals surface area contributed by atoms with Crippen LogP contribution in [-0.2, 0) is 19.7 Å². The molecule has 43 heavy (non-hydrogen) atoms. The van der Waals surface area contributed by atoms with Crippen LogP contribution in [0, 0.1) is 10.8 Å². The average Bonchev–Trinajstić information content (AvgIpc) is 3.60. The topological polar surface area (TPSA) is 101 Å². The van der Waals surface area contributed by atoms with Gasteiger partial charge in [0, 0.05) is 10.8 Å². The third-order valence-corrected chi connectivity index (χ3v) is 15.6. The zero-order valence-electron chi connectivity index (χ0n) is 23.5. The highest BCUT2D eigenvalue weighted by molar-refractivity contribution is 7.97. The molecule has 0 radical (unpaired) electrons. The number of fused-ring (bicyclic) bond motifs is 3. The molecular formula is C34H29NO5S3. The minimum atomic E-state index is -4.41. The first-order chi connectivity index (χ1) is 20.5. The van der Waals surface area contributed by atoms with E-state index in [2.05, 4.69) is 4.98 Å². The van der Waals surface area contributed by atoms with Crippen LogP contribution in [0.5, 0.6) is 0 Å². The maximum absolute atomic E-state index is 14.9. The Morgan fingerprint density at radius 3 is 1.58 bits per heavy atom. The number of nitrogens with zero attached hydrogens (tertiary/aromatic N) is 1. The van der Waals surface area contributed by atoms with E-state index < -0.39 is 47.1 Å². The van der Waals surface area contributed by atoms with Gasteiger partial charge in [-0.1, -0.05) is 105 Å². The molecule has 9 heteroatoms. The van der Waals surface area contributed by atoms with E-state index in [0.717, 1.165) is 22.5 Å². The summed E-state index contributed by atoms with van der Waals surface area (Å²) in [4.78, 5) is 4.51. The molecule has 2 aliphatic carbocycles. The van der Waals surface area contributed by atoms with Crippen molar-refractivity contribution < 1.29 is 21.9 Å². The summed E-state index contributed by atoms with van der Waals surface area (Å²) in [7, 11) is -8.73. The van der Waals surface area contributed by atoms with E-state index in [9.17, 15) is 21.9 Å². The first kappa shape index (κ1) is 28.2. The zero-order valence-corrected chi connectivity index (χ0v) is 25.9.